The van der Waals surface area contributed by atoms with Crippen LogP contribution in [0, 0.1) is 11.3 Å². The largest absolute Gasteiger partial charge is 0.469 e. The van der Waals surface area contributed by atoms with E-state index in [0.29, 0.717) is 30.7 Å². The second kappa shape index (κ2) is 5.07. The number of aryl methyl sites for hydroxylation is 1. The van der Waals surface area contributed by atoms with Gasteiger partial charge in [0, 0.05) is 13.0 Å². The van der Waals surface area contributed by atoms with E-state index in [4.69, 9.17) is 9.68 Å². The van der Waals surface area contributed by atoms with Crippen molar-refractivity contribution in [3.63, 3.8) is 0 Å². The molecule has 0 aromatic carbocycles. The Labute approximate surface area is 82.5 Å². The van der Waals surface area contributed by atoms with E-state index in [2.05, 4.69) is 5.32 Å². The summed E-state index contributed by atoms with van der Waals surface area (Å²) in [4.78, 5) is 11.5. The van der Waals surface area contributed by atoms with Crippen LogP contribution < -0.4 is 5.32 Å². The average Bonchev–Trinajstić information content (AvgIpc) is 2.65. The summed E-state index contributed by atoms with van der Waals surface area (Å²) in [5.41, 5.74) is 0.561. The zero-order valence-corrected chi connectivity index (χ0v) is 8.04. The molecule has 0 aliphatic rings. The summed E-state index contributed by atoms with van der Waals surface area (Å²) < 4.78 is 5.12. The van der Waals surface area contributed by atoms with Gasteiger partial charge in [0.25, 0.3) is 5.91 Å². The summed E-state index contributed by atoms with van der Waals surface area (Å²) in [5, 5.41) is 10.9. The number of rotatable bonds is 4. The van der Waals surface area contributed by atoms with E-state index in [9.17, 15) is 4.79 Å². The monoisotopic (exact) mass is 192 g/mol. The molecule has 1 aromatic heterocycles. The molecule has 0 aliphatic heterocycles. The first-order chi connectivity index (χ1) is 6.79. The van der Waals surface area contributed by atoms with E-state index < -0.39 is 0 Å². The molecule has 0 aliphatic carbocycles. The molecular weight excluding hydrogens is 180 g/mol. The van der Waals surface area contributed by atoms with E-state index in [0.717, 1.165) is 0 Å². The summed E-state index contributed by atoms with van der Waals surface area (Å²) in [6.45, 7) is 2.30. The van der Waals surface area contributed by atoms with Gasteiger partial charge in [-0.15, -0.1) is 0 Å². The van der Waals surface area contributed by atoms with Crippen molar-refractivity contribution >= 4 is 5.91 Å². The summed E-state index contributed by atoms with van der Waals surface area (Å²) >= 11 is 0. The fraction of sp³-hybridized carbons (Fsp3) is 0.400. The van der Waals surface area contributed by atoms with E-state index in [1.165, 1.54) is 6.26 Å². The van der Waals surface area contributed by atoms with Gasteiger partial charge in [-0.3, -0.25) is 4.79 Å². The van der Waals surface area contributed by atoms with Gasteiger partial charge in [-0.1, -0.05) is 6.92 Å². The summed E-state index contributed by atoms with van der Waals surface area (Å²) in [7, 11) is 0. The lowest BCUT2D eigenvalue weighted by Gasteiger charge is -2.01. The van der Waals surface area contributed by atoms with Gasteiger partial charge < -0.3 is 9.73 Å². The Balaban J connectivity index is 2.57. The maximum absolute atomic E-state index is 11.5. The SMILES string of the molecule is CCc1occc1C(=O)NCCC#N. The number of hydrogen-bond acceptors (Lipinski definition) is 3. The van der Waals surface area contributed by atoms with Crippen molar-refractivity contribution in [1.82, 2.24) is 5.32 Å². The maximum atomic E-state index is 11.5. The van der Waals surface area contributed by atoms with E-state index in [1.807, 2.05) is 13.0 Å². The molecule has 0 saturated heterocycles. The van der Waals surface area contributed by atoms with Gasteiger partial charge in [-0.2, -0.15) is 5.26 Å². The van der Waals surface area contributed by atoms with Gasteiger partial charge in [-0.25, -0.2) is 0 Å². The van der Waals surface area contributed by atoms with Crippen LogP contribution in [-0.2, 0) is 6.42 Å². The van der Waals surface area contributed by atoms with Gasteiger partial charge in [0.1, 0.15) is 5.76 Å². The lowest BCUT2D eigenvalue weighted by molar-refractivity contribution is 0.0952. The molecule has 1 rings (SSSR count). The Hall–Kier alpha value is -1.76. The second-order valence-electron chi connectivity index (χ2n) is 2.78. The third-order valence-corrected chi connectivity index (χ3v) is 1.83. The number of nitrogens with one attached hydrogen (secondary N) is 1. The topological polar surface area (TPSA) is 66.0 Å². The molecule has 0 fully saturated rings. The predicted molar refractivity (Wildman–Crippen MR) is 50.6 cm³/mol. The zero-order chi connectivity index (χ0) is 10.4. The first-order valence-electron chi connectivity index (χ1n) is 4.51. The smallest absolute Gasteiger partial charge is 0.254 e. The van der Waals surface area contributed by atoms with E-state index in [-0.39, 0.29) is 5.91 Å². The number of furan rings is 1. The minimum Gasteiger partial charge on any atom is -0.469 e. The van der Waals surface area contributed by atoms with Crippen molar-refractivity contribution in [2.24, 2.45) is 0 Å². The van der Waals surface area contributed by atoms with Crippen molar-refractivity contribution in [2.45, 2.75) is 19.8 Å². The van der Waals surface area contributed by atoms with Gasteiger partial charge in [0.05, 0.1) is 24.3 Å². The molecule has 4 heteroatoms. The van der Waals surface area contributed by atoms with Crippen LogP contribution in [0.1, 0.15) is 29.5 Å². The molecule has 1 aromatic rings. The van der Waals surface area contributed by atoms with Gasteiger partial charge in [0.2, 0.25) is 0 Å². The van der Waals surface area contributed by atoms with Crippen molar-refractivity contribution < 1.29 is 9.21 Å². The Morgan fingerprint density at radius 2 is 2.50 bits per heavy atom. The quantitative estimate of drug-likeness (QED) is 0.735. The van der Waals surface area contributed by atoms with Crippen molar-refractivity contribution in [3.8, 4) is 6.07 Å². The zero-order valence-electron chi connectivity index (χ0n) is 8.04. The average molecular weight is 192 g/mol. The number of nitriles is 1. The number of carbonyl (C=O) groups is 1. The van der Waals surface area contributed by atoms with Crippen LogP contribution in [0.5, 0.6) is 0 Å². The molecule has 14 heavy (non-hydrogen) atoms. The molecule has 74 valence electrons. The van der Waals surface area contributed by atoms with Crippen LogP contribution in [0.2, 0.25) is 0 Å². The molecule has 0 bridgehead atoms. The van der Waals surface area contributed by atoms with Gasteiger partial charge in [-0.05, 0) is 6.07 Å². The maximum Gasteiger partial charge on any atom is 0.254 e. The van der Waals surface area contributed by atoms with Crippen LogP contribution >= 0.6 is 0 Å². The predicted octanol–water partition coefficient (Wildman–Crippen LogP) is 1.49. The molecule has 0 unspecified atom stereocenters. The molecule has 4 nitrogen and oxygen atoms in total. The molecule has 1 N–H and O–H groups in total. The van der Waals surface area contributed by atoms with Crippen LogP contribution in [0.3, 0.4) is 0 Å². The lowest BCUT2D eigenvalue weighted by atomic mass is 10.2. The first-order valence-corrected chi connectivity index (χ1v) is 4.51. The van der Waals surface area contributed by atoms with Crippen LogP contribution in [0.4, 0.5) is 0 Å². The number of amides is 1. The van der Waals surface area contributed by atoms with Crippen LogP contribution in [0.15, 0.2) is 16.7 Å². The third-order valence-electron chi connectivity index (χ3n) is 1.83. The lowest BCUT2D eigenvalue weighted by Crippen LogP contribution is -2.24. The first kappa shape index (κ1) is 10.3. The Morgan fingerprint density at radius 1 is 1.71 bits per heavy atom. The molecular formula is C10H12N2O2. The van der Waals surface area contributed by atoms with Crippen LogP contribution in [0.25, 0.3) is 0 Å². The number of carbonyl (C=O) groups excluding carboxylic acids is 1. The third kappa shape index (κ3) is 2.36. The molecule has 1 heterocycles. The highest BCUT2D eigenvalue weighted by Gasteiger charge is 2.11. The highest BCUT2D eigenvalue weighted by atomic mass is 16.3. The minimum atomic E-state index is -0.175. The Morgan fingerprint density at radius 3 is 3.14 bits per heavy atom. The van der Waals surface area contributed by atoms with Gasteiger partial charge in [0.15, 0.2) is 0 Å². The highest BCUT2D eigenvalue weighted by Crippen LogP contribution is 2.10. The van der Waals surface area contributed by atoms with E-state index >= 15 is 0 Å². The van der Waals surface area contributed by atoms with Crippen molar-refractivity contribution in [2.75, 3.05) is 6.54 Å². The molecule has 0 saturated carbocycles. The van der Waals surface area contributed by atoms with E-state index in [1.54, 1.807) is 6.07 Å². The second-order valence-corrected chi connectivity index (χ2v) is 2.78. The minimum absolute atomic E-state index is 0.175. The summed E-state index contributed by atoms with van der Waals surface area (Å²) in [5.74, 6) is 0.505. The Bertz CT molecular complexity index is 349. The number of nitrogens with zero attached hydrogens (tertiary/aromatic N) is 1. The molecule has 0 spiro atoms. The van der Waals surface area contributed by atoms with Crippen LogP contribution in [-0.4, -0.2) is 12.5 Å². The standard InChI is InChI=1S/C10H12N2O2/c1-2-9-8(4-7-14-9)10(13)12-6-3-5-11/h4,7H,2-3,6H2,1H3,(H,12,13). The molecule has 0 radical (unpaired) electrons. The Kier molecular flexibility index (Phi) is 3.74. The normalized spacial score (nSPS) is 9.43. The van der Waals surface area contributed by atoms with Gasteiger partial charge >= 0.3 is 0 Å². The van der Waals surface area contributed by atoms with Crippen molar-refractivity contribution in [3.05, 3.63) is 23.7 Å². The molecule has 1 amide bonds. The fourth-order valence-electron chi connectivity index (χ4n) is 1.14. The summed E-state index contributed by atoms with van der Waals surface area (Å²) in [6.07, 6.45) is 2.51. The van der Waals surface area contributed by atoms with Crippen molar-refractivity contribution in [1.29, 1.82) is 5.26 Å². The molecule has 0 atom stereocenters. The summed E-state index contributed by atoms with van der Waals surface area (Å²) in [6, 6.07) is 3.60. The number of hydrogen-bond donors (Lipinski definition) is 1. The fourth-order valence-corrected chi connectivity index (χ4v) is 1.14. The highest BCUT2D eigenvalue weighted by molar-refractivity contribution is 5.95.